The van der Waals surface area contributed by atoms with Crippen molar-refractivity contribution in [1.82, 2.24) is 9.55 Å². The Morgan fingerprint density at radius 2 is 1.06 bits per heavy atom. The third-order valence-corrected chi connectivity index (χ3v) is 10.9. The number of imidazole rings is 1. The molecule has 0 bridgehead atoms. The van der Waals surface area contributed by atoms with Gasteiger partial charge in [-0.3, -0.25) is 4.57 Å². The molecule has 0 atom stereocenters. The molecule has 0 saturated heterocycles. The summed E-state index contributed by atoms with van der Waals surface area (Å²) in [6.07, 6.45) is 2.04. The number of benzene rings is 7. The minimum absolute atomic E-state index is 0.0887. The summed E-state index contributed by atoms with van der Waals surface area (Å²) < 4.78 is 2.28. The van der Waals surface area contributed by atoms with Gasteiger partial charge in [-0.2, -0.15) is 0 Å². The molecule has 0 saturated carbocycles. The summed E-state index contributed by atoms with van der Waals surface area (Å²) in [5.74, 6) is 0.947. The number of anilines is 3. The maximum Gasteiger partial charge on any atom is 0.145 e. The van der Waals surface area contributed by atoms with Crippen molar-refractivity contribution in [1.29, 1.82) is 0 Å². The number of rotatable bonds is 8. The molecule has 1 aliphatic rings. The molecule has 8 aromatic rings. The first-order chi connectivity index (χ1) is 25.2. The molecule has 246 valence electrons. The van der Waals surface area contributed by atoms with E-state index >= 15 is 0 Å². The van der Waals surface area contributed by atoms with E-state index in [1.54, 1.807) is 0 Å². The van der Waals surface area contributed by atoms with E-state index < -0.39 is 0 Å². The number of hydrogen-bond acceptors (Lipinski definition) is 2. The van der Waals surface area contributed by atoms with Gasteiger partial charge in [0.05, 0.1) is 11.0 Å². The second-order valence-electron chi connectivity index (χ2n) is 13.5. The standard InChI is InChI=1S/C48H39N3/c1-3-48(4-2)43-32-35(34-17-16-18-36(31-34)47-49-45-25-14-15-26-46(45)51(47)39-23-12-7-13-24-39)27-29-41(43)42-30-28-40(33-44(42)48)50(37-19-8-5-9-20-37)38-21-10-6-11-22-38/h5-33H,3-4H2,1-2H3. The normalized spacial score (nSPS) is 12.8. The van der Waals surface area contributed by atoms with Crippen molar-refractivity contribution in [2.45, 2.75) is 32.1 Å². The molecule has 9 rings (SSSR count). The Morgan fingerprint density at radius 3 is 1.75 bits per heavy atom. The van der Waals surface area contributed by atoms with Gasteiger partial charge in [0.1, 0.15) is 5.82 Å². The smallest absolute Gasteiger partial charge is 0.145 e. The number of nitrogens with zero attached hydrogens (tertiary/aromatic N) is 3. The van der Waals surface area contributed by atoms with E-state index in [9.17, 15) is 0 Å². The average Bonchev–Trinajstić information content (AvgIpc) is 3.73. The highest BCUT2D eigenvalue weighted by atomic mass is 15.1. The molecule has 0 radical (unpaired) electrons. The van der Waals surface area contributed by atoms with E-state index in [1.807, 2.05) is 0 Å². The first-order valence-corrected chi connectivity index (χ1v) is 18.0. The predicted molar refractivity (Wildman–Crippen MR) is 213 cm³/mol. The second kappa shape index (κ2) is 12.6. The summed E-state index contributed by atoms with van der Waals surface area (Å²) in [5.41, 5.74) is 15.6. The van der Waals surface area contributed by atoms with E-state index in [2.05, 4.69) is 199 Å². The zero-order chi connectivity index (χ0) is 34.4. The monoisotopic (exact) mass is 657 g/mol. The topological polar surface area (TPSA) is 21.1 Å². The Labute approximate surface area is 300 Å². The molecule has 0 aliphatic heterocycles. The third kappa shape index (κ3) is 5.08. The van der Waals surface area contributed by atoms with Gasteiger partial charge in [0.2, 0.25) is 0 Å². The Hall–Kier alpha value is -6.19. The van der Waals surface area contributed by atoms with Crippen LogP contribution < -0.4 is 4.90 Å². The van der Waals surface area contributed by atoms with Crippen molar-refractivity contribution >= 4 is 28.1 Å². The SMILES string of the molecule is CCC1(CC)c2cc(-c3cccc(-c4nc5ccccc5n4-c4ccccc4)c3)ccc2-c2ccc(N(c3ccccc3)c3ccccc3)cc21. The van der Waals surface area contributed by atoms with Crippen LogP contribution in [0.2, 0.25) is 0 Å². The van der Waals surface area contributed by atoms with Crippen LogP contribution in [0.15, 0.2) is 176 Å². The van der Waals surface area contributed by atoms with Crippen LogP contribution in [0.3, 0.4) is 0 Å². The Kier molecular flexibility index (Phi) is 7.62. The van der Waals surface area contributed by atoms with E-state index in [0.29, 0.717) is 0 Å². The maximum atomic E-state index is 5.15. The van der Waals surface area contributed by atoms with Gasteiger partial charge < -0.3 is 4.90 Å². The van der Waals surface area contributed by atoms with Gasteiger partial charge in [0, 0.05) is 33.7 Å². The summed E-state index contributed by atoms with van der Waals surface area (Å²) in [7, 11) is 0. The highest BCUT2D eigenvalue weighted by molar-refractivity contribution is 5.88. The third-order valence-electron chi connectivity index (χ3n) is 10.9. The fourth-order valence-corrected chi connectivity index (χ4v) is 8.31. The van der Waals surface area contributed by atoms with Crippen LogP contribution in [0.1, 0.15) is 37.8 Å². The molecule has 7 aromatic carbocycles. The lowest BCUT2D eigenvalue weighted by Gasteiger charge is -2.32. The summed E-state index contributed by atoms with van der Waals surface area (Å²) in [4.78, 5) is 7.53. The minimum atomic E-state index is -0.0887. The van der Waals surface area contributed by atoms with Crippen molar-refractivity contribution in [3.8, 4) is 39.3 Å². The molecular weight excluding hydrogens is 619 g/mol. The molecule has 51 heavy (non-hydrogen) atoms. The van der Waals surface area contributed by atoms with E-state index in [4.69, 9.17) is 4.98 Å². The van der Waals surface area contributed by atoms with Crippen LogP contribution in [0, 0.1) is 0 Å². The largest absolute Gasteiger partial charge is 0.310 e. The second-order valence-corrected chi connectivity index (χ2v) is 13.5. The fraction of sp³-hybridized carbons (Fsp3) is 0.104. The van der Waals surface area contributed by atoms with E-state index in [1.165, 1.54) is 39.1 Å². The molecule has 0 fully saturated rings. The maximum absolute atomic E-state index is 5.15. The van der Waals surface area contributed by atoms with E-state index in [-0.39, 0.29) is 5.41 Å². The van der Waals surface area contributed by atoms with Crippen molar-refractivity contribution in [3.63, 3.8) is 0 Å². The van der Waals surface area contributed by atoms with E-state index in [0.717, 1.165) is 52.3 Å². The lowest BCUT2D eigenvalue weighted by atomic mass is 9.73. The lowest BCUT2D eigenvalue weighted by molar-refractivity contribution is 0.490. The highest BCUT2D eigenvalue weighted by Crippen LogP contribution is 2.55. The number of hydrogen-bond donors (Lipinski definition) is 0. The predicted octanol–water partition coefficient (Wildman–Crippen LogP) is 12.9. The lowest BCUT2D eigenvalue weighted by Crippen LogP contribution is -2.23. The zero-order valence-corrected chi connectivity index (χ0v) is 29.0. The van der Waals surface area contributed by atoms with Gasteiger partial charge in [0.25, 0.3) is 0 Å². The number of para-hydroxylation sites is 5. The molecule has 1 heterocycles. The summed E-state index contributed by atoms with van der Waals surface area (Å²) in [6, 6.07) is 63.4. The summed E-state index contributed by atoms with van der Waals surface area (Å²) in [5, 5.41) is 0. The van der Waals surface area contributed by atoms with Crippen LogP contribution in [-0.2, 0) is 5.41 Å². The van der Waals surface area contributed by atoms with Crippen LogP contribution in [0.4, 0.5) is 17.1 Å². The number of aromatic nitrogens is 2. The fourth-order valence-electron chi connectivity index (χ4n) is 8.31. The highest BCUT2D eigenvalue weighted by Gasteiger charge is 2.41. The number of fused-ring (bicyclic) bond motifs is 4. The van der Waals surface area contributed by atoms with Crippen molar-refractivity contribution in [3.05, 3.63) is 187 Å². The molecule has 0 unspecified atom stereocenters. The molecule has 1 aliphatic carbocycles. The molecule has 0 spiro atoms. The average molecular weight is 658 g/mol. The molecule has 1 aromatic heterocycles. The molecule has 3 nitrogen and oxygen atoms in total. The van der Waals surface area contributed by atoms with Gasteiger partial charge in [-0.25, -0.2) is 4.98 Å². The van der Waals surface area contributed by atoms with Crippen molar-refractivity contribution in [2.24, 2.45) is 0 Å². The van der Waals surface area contributed by atoms with Gasteiger partial charge in [-0.15, -0.1) is 0 Å². The van der Waals surface area contributed by atoms with Gasteiger partial charge in [-0.05, 0) is 119 Å². The van der Waals surface area contributed by atoms with Crippen LogP contribution in [0.5, 0.6) is 0 Å². The Bertz CT molecular complexity index is 2450. The molecular formula is C48H39N3. The van der Waals surface area contributed by atoms with Gasteiger partial charge >= 0.3 is 0 Å². The molecule has 3 heteroatoms. The van der Waals surface area contributed by atoms with Crippen LogP contribution >= 0.6 is 0 Å². The Morgan fingerprint density at radius 1 is 0.490 bits per heavy atom. The quantitative estimate of drug-likeness (QED) is 0.162. The molecule has 0 N–H and O–H groups in total. The first-order valence-electron chi connectivity index (χ1n) is 18.0. The summed E-state index contributed by atoms with van der Waals surface area (Å²) in [6.45, 7) is 4.70. The minimum Gasteiger partial charge on any atom is -0.310 e. The zero-order valence-electron chi connectivity index (χ0n) is 29.0. The van der Waals surface area contributed by atoms with Crippen LogP contribution in [-0.4, -0.2) is 9.55 Å². The van der Waals surface area contributed by atoms with Crippen LogP contribution in [0.25, 0.3) is 50.4 Å². The van der Waals surface area contributed by atoms with Gasteiger partial charge in [0.15, 0.2) is 0 Å². The van der Waals surface area contributed by atoms with Gasteiger partial charge in [-0.1, -0.05) is 117 Å². The molecule has 0 amide bonds. The first kappa shape index (κ1) is 30.8. The van der Waals surface area contributed by atoms with Crippen molar-refractivity contribution < 1.29 is 0 Å². The van der Waals surface area contributed by atoms with Crippen molar-refractivity contribution in [2.75, 3.05) is 4.90 Å². The Balaban J connectivity index is 1.15. The summed E-state index contributed by atoms with van der Waals surface area (Å²) >= 11 is 0.